The molecule has 1 N–H and O–H groups in total. The summed E-state index contributed by atoms with van der Waals surface area (Å²) in [4.78, 5) is 17.3. The Labute approximate surface area is 163 Å². The molecule has 0 saturated heterocycles. The van der Waals surface area contributed by atoms with E-state index in [0.29, 0.717) is 11.4 Å². The lowest BCUT2D eigenvalue weighted by Gasteiger charge is -2.31. The van der Waals surface area contributed by atoms with Gasteiger partial charge >= 0.3 is 0 Å². The number of halogens is 1. The van der Waals surface area contributed by atoms with Gasteiger partial charge in [0.2, 0.25) is 0 Å². The molecule has 28 heavy (non-hydrogen) atoms. The van der Waals surface area contributed by atoms with Crippen molar-refractivity contribution in [2.24, 2.45) is 0 Å². The van der Waals surface area contributed by atoms with Crippen LogP contribution in [0.4, 0.5) is 4.39 Å². The number of carbonyl (C=O) groups excluding carboxylic acids is 1. The van der Waals surface area contributed by atoms with Gasteiger partial charge < -0.3 is 5.32 Å². The topological polar surface area (TPSA) is 59.8 Å². The van der Waals surface area contributed by atoms with Gasteiger partial charge in [0.1, 0.15) is 5.82 Å². The van der Waals surface area contributed by atoms with Crippen LogP contribution in [0.25, 0.3) is 5.82 Å². The highest BCUT2D eigenvalue weighted by molar-refractivity contribution is 5.94. The molecule has 1 aliphatic rings. The monoisotopic (exact) mass is 378 g/mol. The highest BCUT2D eigenvalue weighted by atomic mass is 19.1. The first-order chi connectivity index (χ1) is 13.5. The molecule has 4 rings (SSSR count). The highest BCUT2D eigenvalue weighted by Crippen LogP contribution is 2.39. The molecule has 2 heterocycles. The zero-order valence-electron chi connectivity index (χ0n) is 16.1. The largest absolute Gasteiger partial charge is 0.342 e. The van der Waals surface area contributed by atoms with Crippen molar-refractivity contribution in [2.45, 2.75) is 45.1 Å². The number of rotatable bonds is 4. The van der Waals surface area contributed by atoms with Crippen LogP contribution in [0.1, 0.15) is 53.0 Å². The zero-order chi connectivity index (χ0) is 19.7. The fraction of sp³-hybridized carbons (Fsp3) is 0.318. The lowest BCUT2D eigenvalue weighted by atomic mass is 9.87. The second-order valence-corrected chi connectivity index (χ2v) is 7.49. The van der Waals surface area contributed by atoms with Crippen LogP contribution in [0.3, 0.4) is 0 Å². The molecule has 1 amide bonds. The molecule has 144 valence electrons. The predicted molar refractivity (Wildman–Crippen MR) is 105 cm³/mol. The molecule has 1 saturated carbocycles. The third kappa shape index (κ3) is 3.42. The number of carbonyl (C=O) groups is 1. The smallest absolute Gasteiger partial charge is 0.253 e. The van der Waals surface area contributed by atoms with E-state index in [1.165, 1.54) is 12.1 Å². The quantitative estimate of drug-likeness (QED) is 0.739. The normalized spacial score (nSPS) is 15.5. The Morgan fingerprint density at radius 1 is 1.11 bits per heavy atom. The number of hydrogen-bond donors (Lipinski definition) is 1. The minimum Gasteiger partial charge on any atom is -0.342 e. The first-order valence-electron chi connectivity index (χ1n) is 9.55. The Morgan fingerprint density at radius 3 is 2.39 bits per heavy atom. The highest BCUT2D eigenvalue weighted by Gasteiger charge is 2.37. The third-order valence-electron chi connectivity index (χ3n) is 5.44. The van der Waals surface area contributed by atoms with Gasteiger partial charge in [-0.15, -0.1) is 0 Å². The van der Waals surface area contributed by atoms with E-state index in [4.69, 9.17) is 0 Å². The van der Waals surface area contributed by atoms with Gasteiger partial charge in [0.15, 0.2) is 5.82 Å². The fourth-order valence-corrected chi connectivity index (χ4v) is 4.03. The molecule has 0 spiro atoms. The van der Waals surface area contributed by atoms with Gasteiger partial charge in [-0.3, -0.25) is 4.79 Å². The Balaban J connectivity index is 1.57. The van der Waals surface area contributed by atoms with Crippen molar-refractivity contribution in [3.63, 3.8) is 0 Å². The SMILES string of the molecule is Cc1cc(C)n(-c2ccc(C(=O)NC3(c4ccc(F)cc4)CCCC3)cn2)n1. The number of nitrogens with zero attached hydrogens (tertiary/aromatic N) is 3. The molecule has 1 fully saturated rings. The van der Waals surface area contributed by atoms with Gasteiger partial charge in [-0.1, -0.05) is 25.0 Å². The van der Waals surface area contributed by atoms with Crippen LogP contribution < -0.4 is 5.32 Å². The third-order valence-corrected chi connectivity index (χ3v) is 5.44. The Bertz CT molecular complexity index is 986. The lowest BCUT2D eigenvalue weighted by molar-refractivity contribution is 0.0898. The van der Waals surface area contributed by atoms with E-state index in [1.807, 2.05) is 19.9 Å². The molecule has 0 unspecified atom stereocenters. The van der Waals surface area contributed by atoms with Gasteiger partial charge in [-0.2, -0.15) is 5.10 Å². The minimum absolute atomic E-state index is 0.168. The van der Waals surface area contributed by atoms with Crippen LogP contribution >= 0.6 is 0 Å². The summed E-state index contributed by atoms with van der Waals surface area (Å²) in [6.45, 7) is 3.90. The van der Waals surface area contributed by atoms with E-state index in [-0.39, 0.29) is 11.7 Å². The average Bonchev–Trinajstić information content (AvgIpc) is 3.29. The van der Waals surface area contributed by atoms with Gasteiger partial charge in [-0.25, -0.2) is 14.1 Å². The summed E-state index contributed by atoms with van der Waals surface area (Å²) in [6, 6.07) is 12.0. The summed E-state index contributed by atoms with van der Waals surface area (Å²) in [6.07, 6.45) is 5.34. The van der Waals surface area contributed by atoms with E-state index < -0.39 is 5.54 Å². The fourth-order valence-electron chi connectivity index (χ4n) is 4.03. The minimum atomic E-state index is -0.445. The summed E-state index contributed by atoms with van der Waals surface area (Å²) in [5.74, 6) is 0.238. The summed E-state index contributed by atoms with van der Waals surface area (Å²) >= 11 is 0. The van der Waals surface area contributed by atoms with Crippen molar-refractivity contribution < 1.29 is 9.18 Å². The van der Waals surface area contributed by atoms with Crippen molar-refractivity contribution in [2.75, 3.05) is 0 Å². The molecule has 1 aromatic carbocycles. The maximum Gasteiger partial charge on any atom is 0.253 e. The zero-order valence-corrected chi connectivity index (χ0v) is 16.1. The number of nitrogens with one attached hydrogen (secondary N) is 1. The van der Waals surface area contributed by atoms with E-state index in [2.05, 4.69) is 15.4 Å². The standard InChI is InChI=1S/C22H23FN4O/c1-15-13-16(2)27(26-15)20-10-5-17(14-24-20)21(28)25-22(11-3-4-12-22)18-6-8-19(23)9-7-18/h5-10,13-14H,3-4,11-12H2,1-2H3,(H,25,28). The molecule has 5 nitrogen and oxygen atoms in total. The Kier molecular flexibility index (Phi) is 4.71. The van der Waals surface area contributed by atoms with Crippen LogP contribution in [0.5, 0.6) is 0 Å². The van der Waals surface area contributed by atoms with Gasteiger partial charge in [0, 0.05) is 11.9 Å². The molecule has 1 aliphatic carbocycles. The number of amides is 1. The van der Waals surface area contributed by atoms with Crippen molar-refractivity contribution in [1.82, 2.24) is 20.1 Å². The summed E-state index contributed by atoms with van der Waals surface area (Å²) in [5.41, 5.74) is 2.91. The van der Waals surface area contributed by atoms with Crippen molar-refractivity contribution in [1.29, 1.82) is 0 Å². The van der Waals surface area contributed by atoms with Gasteiger partial charge in [-0.05, 0) is 62.6 Å². The average molecular weight is 378 g/mol. The Morgan fingerprint density at radius 2 is 1.82 bits per heavy atom. The van der Waals surface area contributed by atoms with Crippen LogP contribution in [0.2, 0.25) is 0 Å². The molecule has 0 aliphatic heterocycles. The molecule has 3 aromatic rings. The van der Waals surface area contributed by atoms with Crippen molar-refractivity contribution in [3.05, 3.63) is 77.0 Å². The Hall–Kier alpha value is -3.02. The second kappa shape index (κ2) is 7.19. The van der Waals surface area contributed by atoms with E-state index in [1.54, 1.807) is 35.1 Å². The number of pyridine rings is 1. The van der Waals surface area contributed by atoms with E-state index in [9.17, 15) is 9.18 Å². The maximum atomic E-state index is 13.3. The van der Waals surface area contributed by atoms with Gasteiger partial charge in [0.25, 0.3) is 5.91 Å². The van der Waals surface area contributed by atoms with E-state index in [0.717, 1.165) is 42.6 Å². The summed E-state index contributed by atoms with van der Waals surface area (Å²) in [7, 11) is 0. The predicted octanol–water partition coefficient (Wildman–Crippen LogP) is 4.22. The maximum absolute atomic E-state index is 13.3. The van der Waals surface area contributed by atoms with Crippen LogP contribution in [0, 0.1) is 19.7 Å². The van der Waals surface area contributed by atoms with Crippen LogP contribution in [0.15, 0.2) is 48.7 Å². The number of hydrogen-bond acceptors (Lipinski definition) is 3. The molecule has 2 aromatic heterocycles. The lowest BCUT2D eigenvalue weighted by Crippen LogP contribution is -2.43. The van der Waals surface area contributed by atoms with E-state index >= 15 is 0 Å². The number of aromatic nitrogens is 3. The molecular formula is C22H23FN4O. The van der Waals surface area contributed by atoms with Gasteiger partial charge in [0.05, 0.1) is 16.8 Å². The van der Waals surface area contributed by atoms with Crippen molar-refractivity contribution in [3.8, 4) is 5.82 Å². The molecule has 6 heteroatoms. The molecule has 0 radical (unpaired) electrons. The second-order valence-electron chi connectivity index (χ2n) is 7.49. The van der Waals surface area contributed by atoms with Crippen LogP contribution in [-0.2, 0) is 5.54 Å². The first-order valence-corrected chi connectivity index (χ1v) is 9.55. The molecular weight excluding hydrogens is 355 g/mol. The molecule has 0 bridgehead atoms. The summed E-state index contributed by atoms with van der Waals surface area (Å²) in [5, 5.41) is 7.61. The van der Waals surface area contributed by atoms with Crippen LogP contribution in [-0.4, -0.2) is 20.7 Å². The summed E-state index contributed by atoms with van der Waals surface area (Å²) < 4.78 is 15.1. The van der Waals surface area contributed by atoms with Crippen molar-refractivity contribution >= 4 is 5.91 Å². The molecule has 0 atom stereocenters. The first kappa shape index (κ1) is 18.3. The number of aryl methyl sites for hydroxylation is 2. The number of benzene rings is 1.